The zero-order chi connectivity index (χ0) is 18.7. The Balaban J connectivity index is 0.00000261. The maximum atomic E-state index is 12.8. The van der Waals surface area contributed by atoms with Crippen molar-refractivity contribution in [3.8, 4) is 0 Å². The van der Waals surface area contributed by atoms with Gasteiger partial charge in [-0.1, -0.05) is 26.0 Å². The van der Waals surface area contributed by atoms with Crippen molar-refractivity contribution in [2.45, 2.75) is 30.8 Å². The van der Waals surface area contributed by atoms with E-state index in [0.717, 1.165) is 12.1 Å². The summed E-state index contributed by atoms with van der Waals surface area (Å²) in [5, 5.41) is 3.14. The summed E-state index contributed by atoms with van der Waals surface area (Å²) in [5.74, 6) is 0.299. The molecule has 1 aromatic rings. The normalized spacial score (nSPS) is 21.7. The highest BCUT2D eigenvalue weighted by Crippen LogP contribution is 2.21. The number of nitrogens with zero attached hydrogens (tertiary/aromatic N) is 2. The Labute approximate surface area is 167 Å². The first-order valence-electron chi connectivity index (χ1n) is 9.11. The third kappa shape index (κ3) is 5.00. The summed E-state index contributed by atoms with van der Waals surface area (Å²) in [4.78, 5) is 14.5. The second-order valence-electron chi connectivity index (χ2n) is 7.02. The lowest BCUT2D eigenvalue weighted by molar-refractivity contribution is -0.146. The highest BCUT2D eigenvalue weighted by atomic mass is 35.5. The lowest BCUT2D eigenvalue weighted by Crippen LogP contribution is -2.55. The van der Waals surface area contributed by atoms with Crippen LogP contribution in [0.15, 0.2) is 29.2 Å². The average molecular weight is 418 g/mol. The number of benzene rings is 1. The standard InChI is InChI=1S/C18H27N3O4S.ClH/c1-14(2)15-3-5-16(6-4-15)26(23,24)21-10-8-20(9-11-21)18(22)17-13-19-7-12-25-17;/h3-6,14,17,19H,7-13H2,1-2H3;1H. The molecule has 1 aromatic carbocycles. The van der Waals surface area contributed by atoms with Gasteiger partial charge in [0.15, 0.2) is 0 Å². The summed E-state index contributed by atoms with van der Waals surface area (Å²) in [5.41, 5.74) is 1.11. The molecule has 9 heteroatoms. The monoisotopic (exact) mass is 417 g/mol. The second kappa shape index (κ2) is 9.34. The van der Waals surface area contributed by atoms with Crippen LogP contribution in [-0.2, 0) is 19.6 Å². The lowest BCUT2D eigenvalue weighted by Gasteiger charge is -2.36. The second-order valence-corrected chi connectivity index (χ2v) is 8.95. The number of ether oxygens (including phenoxy) is 1. The van der Waals surface area contributed by atoms with Crippen LogP contribution >= 0.6 is 12.4 Å². The molecule has 2 aliphatic rings. The number of sulfonamides is 1. The Morgan fingerprint density at radius 3 is 2.30 bits per heavy atom. The molecule has 2 saturated heterocycles. The molecule has 2 heterocycles. The topological polar surface area (TPSA) is 79.0 Å². The SMILES string of the molecule is CC(C)c1ccc(S(=O)(=O)N2CCN(C(=O)C3CNCCO3)CC2)cc1.Cl. The van der Waals surface area contributed by atoms with E-state index in [1.54, 1.807) is 17.0 Å². The summed E-state index contributed by atoms with van der Waals surface area (Å²) in [6, 6.07) is 7.07. The number of carbonyl (C=O) groups excluding carboxylic acids is 1. The molecule has 0 aliphatic carbocycles. The fraction of sp³-hybridized carbons (Fsp3) is 0.611. The molecule has 0 spiro atoms. The molecular formula is C18H28ClN3O4S. The van der Waals surface area contributed by atoms with Gasteiger partial charge in [-0.25, -0.2) is 8.42 Å². The van der Waals surface area contributed by atoms with Crippen molar-refractivity contribution < 1.29 is 17.9 Å². The smallest absolute Gasteiger partial charge is 0.253 e. The molecule has 2 aliphatic heterocycles. The molecule has 1 atom stereocenters. The largest absolute Gasteiger partial charge is 0.366 e. The Morgan fingerprint density at radius 2 is 1.78 bits per heavy atom. The predicted octanol–water partition coefficient (Wildman–Crippen LogP) is 1.05. The van der Waals surface area contributed by atoms with Gasteiger partial charge in [0.25, 0.3) is 5.91 Å². The quantitative estimate of drug-likeness (QED) is 0.792. The summed E-state index contributed by atoms with van der Waals surface area (Å²) < 4.78 is 32.6. The molecule has 1 amide bonds. The Kier molecular flexibility index (Phi) is 7.64. The number of nitrogens with one attached hydrogen (secondary N) is 1. The van der Waals surface area contributed by atoms with Crippen LogP contribution in [-0.4, -0.2) is 75.5 Å². The molecule has 7 nitrogen and oxygen atoms in total. The van der Waals surface area contributed by atoms with Gasteiger partial charge in [0.2, 0.25) is 10.0 Å². The van der Waals surface area contributed by atoms with Gasteiger partial charge in [-0.3, -0.25) is 4.79 Å². The zero-order valence-corrected chi connectivity index (χ0v) is 17.4. The van der Waals surface area contributed by atoms with E-state index in [9.17, 15) is 13.2 Å². The molecule has 152 valence electrons. The van der Waals surface area contributed by atoms with Crippen molar-refractivity contribution in [2.75, 3.05) is 45.9 Å². The van der Waals surface area contributed by atoms with Crippen LogP contribution in [0.5, 0.6) is 0 Å². The molecule has 0 bridgehead atoms. The van der Waals surface area contributed by atoms with Crippen LogP contribution in [0.2, 0.25) is 0 Å². The predicted molar refractivity (Wildman–Crippen MR) is 106 cm³/mol. The fourth-order valence-corrected chi connectivity index (χ4v) is 4.67. The number of rotatable bonds is 4. The molecule has 0 aromatic heterocycles. The van der Waals surface area contributed by atoms with Crippen molar-refractivity contribution in [1.29, 1.82) is 0 Å². The van der Waals surface area contributed by atoms with Crippen molar-refractivity contribution in [2.24, 2.45) is 0 Å². The maximum Gasteiger partial charge on any atom is 0.253 e. The van der Waals surface area contributed by atoms with Crippen LogP contribution in [0.4, 0.5) is 0 Å². The number of carbonyl (C=O) groups is 1. The van der Waals surface area contributed by atoms with Crippen molar-refractivity contribution in [1.82, 2.24) is 14.5 Å². The Morgan fingerprint density at radius 1 is 1.15 bits per heavy atom. The average Bonchev–Trinajstić information content (AvgIpc) is 2.68. The lowest BCUT2D eigenvalue weighted by atomic mass is 10.0. The van der Waals surface area contributed by atoms with Gasteiger partial charge in [-0.2, -0.15) is 4.31 Å². The molecule has 1 N–H and O–H groups in total. The molecule has 27 heavy (non-hydrogen) atoms. The van der Waals surface area contributed by atoms with E-state index in [0.29, 0.717) is 50.1 Å². The van der Waals surface area contributed by atoms with Crippen molar-refractivity contribution in [3.05, 3.63) is 29.8 Å². The van der Waals surface area contributed by atoms with E-state index < -0.39 is 16.1 Å². The Bertz CT molecular complexity index is 725. The first-order chi connectivity index (χ1) is 12.4. The first-order valence-corrected chi connectivity index (χ1v) is 10.5. The number of hydrogen-bond acceptors (Lipinski definition) is 5. The number of halogens is 1. The van der Waals surface area contributed by atoms with E-state index in [4.69, 9.17) is 4.74 Å². The minimum absolute atomic E-state index is 0. The van der Waals surface area contributed by atoms with Crippen LogP contribution in [0.1, 0.15) is 25.3 Å². The summed E-state index contributed by atoms with van der Waals surface area (Å²) in [6.07, 6.45) is -0.463. The number of hydrogen-bond donors (Lipinski definition) is 1. The van der Waals surface area contributed by atoms with E-state index in [1.165, 1.54) is 4.31 Å². The molecule has 3 rings (SSSR count). The van der Waals surface area contributed by atoms with Gasteiger partial charge < -0.3 is 15.0 Å². The van der Waals surface area contributed by atoms with Crippen LogP contribution in [0.25, 0.3) is 0 Å². The van der Waals surface area contributed by atoms with Crippen LogP contribution in [0, 0.1) is 0 Å². The highest BCUT2D eigenvalue weighted by Gasteiger charge is 2.33. The van der Waals surface area contributed by atoms with E-state index in [1.807, 2.05) is 12.1 Å². The number of morpholine rings is 1. The van der Waals surface area contributed by atoms with Gasteiger partial charge in [0.05, 0.1) is 11.5 Å². The van der Waals surface area contributed by atoms with Crippen molar-refractivity contribution in [3.63, 3.8) is 0 Å². The van der Waals surface area contributed by atoms with Gasteiger partial charge in [-0.15, -0.1) is 12.4 Å². The maximum absolute atomic E-state index is 12.8. The Hall–Kier alpha value is -1.19. The summed E-state index contributed by atoms with van der Waals surface area (Å²) in [7, 11) is -3.53. The van der Waals surface area contributed by atoms with Gasteiger partial charge in [0.1, 0.15) is 6.10 Å². The minimum Gasteiger partial charge on any atom is -0.366 e. The van der Waals surface area contributed by atoms with E-state index in [2.05, 4.69) is 19.2 Å². The molecular weight excluding hydrogens is 390 g/mol. The summed E-state index contributed by atoms with van der Waals surface area (Å²) >= 11 is 0. The number of piperazine rings is 1. The third-order valence-electron chi connectivity index (χ3n) is 4.94. The van der Waals surface area contributed by atoms with E-state index >= 15 is 0 Å². The zero-order valence-electron chi connectivity index (χ0n) is 15.8. The summed E-state index contributed by atoms with van der Waals surface area (Å²) in [6.45, 7) is 7.34. The van der Waals surface area contributed by atoms with Crippen LogP contribution in [0.3, 0.4) is 0 Å². The first kappa shape index (κ1) is 22.1. The third-order valence-corrected chi connectivity index (χ3v) is 6.85. The van der Waals surface area contributed by atoms with Crippen molar-refractivity contribution >= 4 is 28.3 Å². The molecule has 1 unspecified atom stereocenters. The fourth-order valence-electron chi connectivity index (χ4n) is 3.25. The highest BCUT2D eigenvalue weighted by molar-refractivity contribution is 7.89. The molecule has 2 fully saturated rings. The minimum atomic E-state index is -3.53. The molecule has 0 radical (unpaired) electrons. The van der Waals surface area contributed by atoms with Crippen LogP contribution < -0.4 is 5.32 Å². The number of amides is 1. The van der Waals surface area contributed by atoms with Gasteiger partial charge in [0, 0.05) is 39.3 Å². The van der Waals surface area contributed by atoms with Gasteiger partial charge >= 0.3 is 0 Å². The van der Waals surface area contributed by atoms with E-state index in [-0.39, 0.29) is 18.3 Å². The van der Waals surface area contributed by atoms with Gasteiger partial charge in [-0.05, 0) is 23.6 Å². The molecule has 0 saturated carbocycles.